The van der Waals surface area contributed by atoms with Crippen molar-refractivity contribution in [3.8, 4) is 0 Å². The van der Waals surface area contributed by atoms with Crippen LogP contribution in [-0.4, -0.2) is 39.0 Å². The largest absolute Gasteiger partial charge is 0.383 e. The molecule has 0 heterocycles. The highest BCUT2D eigenvalue weighted by atomic mass is 16.5. The quantitative estimate of drug-likeness (QED) is 0.658. The molecule has 16 heavy (non-hydrogen) atoms. The summed E-state index contributed by atoms with van der Waals surface area (Å²) in [7, 11) is 3.61. The lowest BCUT2D eigenvalue weighted by Crippen LogP contribution is -2.51. The highest BCUT2D eigenvalue weighted by Crippen LogP contribution is 2.34. The van der Waals surface area contributed by atoms with Gasteiger partial charge in [0.1, 0.15) is 0 Å². The van der Waals surface area contributed by atoms with Crippen molar-refractivity contribution >= 4 is 0 Å². The van der Waals surface area contributed by atoms with E-state index in [1.165, 1.54) is 38.5 Å². The fourth-order valence-electron chi connectivity index (χ4n) is 2.25. The van der Waals surface area contributed by atoms with Gasteiger partial charge in [-0.05, 0) is 25.7 Å². The van der Waals surface area contributed by atoms with E-state index in [2.05, 4.69) is 12.2 Å². The summed E-state index contributed by atoms with van der Waals surface area (Å²) >= 11 is 0. The molecule has 1 aliphatic carbocycles. The van der Waals surface area contributed by atoms with E-state index in [9.17, 15) is 0 Å². The molecule has 96 valence electrons. The third kappa shape index (κ3) is 4.04. The zero-order chi connectivity index (χ0) is 11.9. The van der Waals surface area contributed by atoms with Crippen molar-refractivity contribution in [3.05, 3.63) is 0 Å². The Labute approximate surface area is 99.9 Å². The second-order valence-electron chi connectivity index (χ2n) is 4.92. The summed E-state index contributed by atoms with van der Waals surface area (Å²) < 4.78 is 10.9. The first-order chi connectivity index (χ1) is 7.76. The summed E-state index contributed by atoms with van der Waals surface area (Å²) in [5.74, 6) is 0. The van der Waals surface area contributed by atoms with Crippen molar-refractivity contribution < 1.29 is 9.47 Å². The second-order valence-corrected chi connectivity index (χ2v) is 4.92. The summed E-state index contributed by atoms with van der Waals surface area (Å²) in [6, 6.07) is 0.484. The Kier molecular flexibility index (Phi) is 6.32. The molecule has 0 aliphatic heterocycles. The Hall–Kier alpha value is -0.120. The molecule has 0 aromatic heterocycles. The van der Waals surface area contributed by atoms with E-state index < -0.39 is 0 Å². The van der Waals surface area contributed by atoms with E-state index in [1.807, 2.05) is 7.11 Å². The molecule has 0 amide bonds. The van der Waals surface area contributed by atoms with Crippen LogP contribution in [-0.2, 0) is 9.47 Å². The standard InChI is InChI=1S/C13H27NO2/c1-4-5-7-12(10-15-2)14-11-13(16-3)8-6-9-13/h12,14H,4-11H2,1-3H3. The smallest absolute Gasteiger partial charge is 0.0802 e. The minimum absolute atomic E-state index is 0.123. The van der Waals surface area contributed by atoms with Gasteiger partial charge in [-0.25, -0.2) is 0 Å². The third-order valence-electron chi connectivity index (χ3n) is 3.68. The maximum atomic E-state index is 5.60. The molecule has 1 aliphatic rings. The number of rotatable bonds is 9. The van der Waals surface area contributed by atoms with Crippen molar-refractivity contribution in [1.29, 1.82) is 0 Å². The van der Waals surface area contributed by atoms with Gasteiger partial charge in [0, 0.05) is 26.8 Å². The van der Waals surface area contributed by atoms with E-state index in [-0.39, 0.29) is 5.60 Å². The van der Waals surface area contributed by atoms with Gasteiger partial charge in [-0.3, -0.25) is 0 Å². The lowest BCUT2D eigenvalue weighted by atomic mass is 9.80. The lowest BCUT2D eigenvalue weighted by molar-refractivity contribution is -0.0720. The van der Waals surface area contributed by atoms with Crippen LogP contribution in [0.4, 0.5) is 0 Å². The zero-order valence-corrected chi connectivity index (χ0v) is 11.1. The summed E-state index contributed by atoms with van der Waals surface area (Å²) in [6.45, 7) is 4.01. The van der Waals surface area contributed by atoms with Gasteiger partial charge < -0.3 is 14.8 Å². The molecule has 0 aromatic rings. The molecule has 1 N–H and O–H groups in total. The van der Waals surface area contributed by atoms with Gasteiger partial charge in [-0.15, -0.1) is 0 Å². The molecule has 0 saturated heterocycles. The first-order valence-corrected chi connectivity index (χ1v) is 6.54. The van der Waals surface area contributed by atoms with E-state index in [1.54, 1.807) is 7.11 Å². The number of hydrogen-bond acceptors (Lipinski definition) is 3. The van der Waals surface area contributed by atoms with Crippen LogP contribution in [0.2, 0.25) is 0 Å². The average Bonchev–Trinajstić information content (AvgIpc) is 2.24. The lowest BCUT2D eigenvalue weighted by Gasteiger charge is -2.41. The summed E-state index contributed by atoms with van der Waals surface area (Å²) in [6.07, 6.45) is 7.41. The van der Waals surface area contributed by atoms with E-state index >= 15 is 0 Å². The van der Waals surface area contributed by atoms with Crippen LogP contribution < -0.4 is 5.32 Å². The van der Waals surface area contributed by atoms with Crippen molar-refractivity contribution in [2.45, 2.75) is 57.1 Å². The molecule has 1 atom stereocenters. The number of ether oxygens (including phenoxy) is 2. The third-order valence-corrected chi connectivity index (χ3v) is 3.68. The molecule has 3 nitrogen and oxygen atoms in total. The summed E-state index contributed by atoms with van der Waals surface area (Å²) in [4.78, 5) is 0. The minimum atomic E-state index is 0.123. The maximum absolute atomic E-state index is 5.60. The molecule has 3 heteroatoms. The fraction of sp³-hybridized carbons (Fsp3) is 1.00. The predicted octanol–water partition coefficient (Wildman–Crippen LogP) is 2.35. The maximum Gasteiger partial charge on any atom is 0.0802 e. The van der Waals surface area contributed by atoms with E-state index in [0.717, 1.165) is 13.2 Å². The number of nitrogens with one attached hydrogen (secondary N) is 1. The van der Waals surface area contributed by atoms with Gasteiger partial charge in [0.15, 0.2) is 0 Å². The Bertz CT molecular complexity index is 175. The van der Waals surface area contributed by atoms with E-state index in [4.69, 9.17) is 9.47 Å². The predicted molar refractivity (Wildman–Crippen MR) is 66.8 cm³/mol. The molecule has 0 spiro atoms. The van der Waals surface area contributed by atoms with Gasteiger partial charge >= 0.3 is 0 Å². The van der Waals surface area contributed by atoms with Crippen molar-refractivity contribution in [2.75, 3.05) is 27.4 Å². The Morgan fingerprint density at radius 1 is 1.31 bits per heavy atom. The van der Waals surface area contributed by atoms with Crippen molar-refractivity contribution in [1.82, 2.24) is 5.32 Å². The summed E-state index contributed by atoms with van der Waals surface area (Å²) in [5, 5.41) is 3.60. The molecule has 1 fully saturated rings. The Morgan fingerprint density at radius 2 is 2.06 bits per heavy atom. The molecular weight excluding hydrogens is 202 g/mol. The van der Waals surface area contributed by atoms with Crippen LogP contribution in [0.5, 0.6) is 0 Å². The first kappa shape index (κ1) is 13.9. The Balaban J connectivity index is 2.24. The fourth-order valence-corrected chi connectivity index (χ4v) is 2.25. The first-order valence-electron chi connectivity index (χ1n) is 6.54. The normalized spacial score (nSPS) is 20.4. The van der Waals surface area contributed by atoms with Crippen LogP contribution >= 0.6 is 0 Å². The van der Waals surface area contributed by atoms with Gasteiger partial charge in [0.25, 0.3) is 0 Å². The highest BCUT2D eigenvalue weighted by Gasteiger charge is 2.36. The number of unbranched alkanes of at least 4 members (excludes halogenated alkanes) is 1. The SMILES string of the molecule is CCCCC(COC)NCC1(OC)CCC1. The molecule has 1 saturated carbocycles. The molecular formula is C13H27NO2. The zero-order valence-electron chi connectivity index (χ0n) is 11.1. The van der Waals surface area contributed by atoms with Crippen molar-refractivity contribution in [2.24, 2.45) is 0 Å². The van der Waals surface area contributed by atoms with Crippen LogP contribution in [0, 0.1) is 0 Å². The minimum Gasteiger partial charge on any atom is -0.383 e. The second kappa shape index (κ2) is 7.25. The number of hydrogen-bond donors (Lipinski definition) is 1. The highest BCUT2D eigenvalue weighted by molar-refractivity contribution is 4.92. The van der Waals surface area contributed by atoms with Crippen LogP contribution in [0.3, 0.4) is 0 Å². The van der Waals surface area contributed by atoms with Crippen molar-refractivity contribution in [3.63, 3.8) is 0 Å². The van der Waals surface area contributed by atoms with E-state index in [0.29, 0.717) is 6.04 Å². The molecule has 0 radical (unpaired) electrons. The van der Waals surface area contributed by atoms with Gasteiger partial charge in [-0.1, -0.05) is 19.8 Å². The summed E-state index contributed by atoms with van der Waals surface area (Å²) in [5.41, 5.74) is 0.123. The average molecular weight is 229 g/mol. The molecule has 0 aromatic carbocycles. The van der Waals surface area contributed by atoms with Gasteiger partial charge in [0.2, 0.25) is 0 Å². The van der Waals surface area contributed by atoms with Crippen LogP contribution in [0.25, 0.3) is 0 Å². The van der Waals surface area contributed by atoms with Gasteiger partial charge in [-0.2, -0.15) is 0 Å². The molecule has 1 unspecified atom stereocenters. The topological polar surface area (TPSA) is 30.5 Å². The van der Waals surface area contributed by atoms with Crippen LogP contribution in [0.1, 0.15) is 45.4 Å². The molecule has 0 bridgehead atoms. The number of methoxy groups -OCH3 is 2. The van der Waals surface area contributed by atoms with Crippen LogP contribution in [0.15, 0.2) is 0 Å². The molecule has 1 rings (SSSR count). The monoisotopic (exact) mass is 229 g/mol. The Morgan fingerprint density at radius 3 is 2.50 bits per heavy atom. The van der Waals surface area contributed by atoms with Gasteiger partial charge in [0.05, 0.1) is 12.2 Å².